The Hall–Kier alpha value is -2.35. The van der Waals surface area contributed by atoms with Gasteiger partial charge in [0.05, 0.1) is 18.5 Å². The molecule has 0 heterocycles. The summed E-state index contributed by atoms with van der Waals surface area (Å²) < 4.78 is 26.7. The average molecular weight is 522 g/mol. The second kappa shape index (κ2) is 10.3. The largest absolute Gasteiger partial charge is 0.352 e. The minimum absolute atomic E-state index is 0.167. The summed E-state index contributed by atoms with van der Waals surface area (Å²) in [6.07, 6.45) is 1.88. The van der Waals surface area contributed by atoms with E-state index in [-0.39, 0.29) is 12.5 Å². The molecule has 0 spiro atoms. The molecule has 0 unspecified atom stereocenters. The molecule has 0 bridgehead atoms. The minimum Gasteiger partial charge on any atom is -0.352 e. The molecule has 3 aromatic rings. The fourth-order valence-electron chi connectivity index (χ4n) is 3.04. The van der Waals surface area contributed by atoms with Crippen LogP contribution in [-0.2, 0) is 23.0 Å². The van der Waals surface area contributed by atoms with Crippen molar-refractivity contribution in [2.45, 2.75) is 13.0 Å². The monoisotopic (exact) mass is 520 g/mol. The maximum Gasteiger partial charge on any atom is 0.251 e. The van der Waals surface area contributed by atoms with E-state index < -0.39 is 10.0 Å². The summed E-state index contributed by atoms with van der Waals surface area (Å²) in [5.74, 6) is -0.175. The van der Waals surface area contributed by atoms with Gasteiger partial charge < -0.3 is 5.32 Å². The highest BCUT2D eigenvalue weighted by molar-refractivity contribution is 9.10. The van der Waals surface area contributed by atoms with E-state index in [0.29, 0.717) is 33.7 Å². The molecule has 8 heteroatoms. The summed E-state index contributed by atoms with van der Waals surface area (Å²) in [4.78, 5) is 12.4. The normalized spacial score (nSPS) is 11.2. The van der Waals surface area contributed by atoms with Crippen LogP contribution in [0.4, 0.5) is 5.69 Å². The lowest BCUT2D eigenvalue weighted by Gasteiger charge is -2.23. The van der Waals surface area contributed by atoms with Gasteiger partial charge in [-0.1, -0.05) is 48.0 Å². The zero-order valence-electron chi connectivity index (χ0n) is 16.9. The third-order valence-electron chi connectivity index (χ3n) is 4.68. The van der Waals surface area contributed by atoms with Gasteiger partial charge in [-0.25, -0.2) is 8.42 Å². The topological polar surface area (TPSA) is 66.5 Å². The van der Waals surface area contributed by atoms with Crippen molar-refractivity contribution in [1.29, 1.82) is 0 Å². The first-order valence-electron chi connectivity index (χ1n) is 9.58. The molecule has 0 aliphatic rings. The first kappa shape index (κ1) is 23.3. The van der Waals surface area contributed by atoms with Crippen LogP contribution in [0.25, 0.3) is 0 Å². The Morgan fingerprint density at radius 3 is 2.19 bits per heavy atom. The number of hydrogen-bond donors (Lipinski definition) is 1. The molecule has 0 aliphatic carbocycles. The number of carbonyl (C=O) groups excluding carboxylic acids is 1. The minimum atomic E-state index is -3.49. The molecule has 0 saturated heterocycles. The highest BCUT2D eigenvalue weighted by Crippen LogP contribution is 2.29. The Kier molecular flexibility index (Phi) is 7.75. The van der Waals surface area contributed by atoms with Gasteiger partial charge in [0.1, 0.15) is 0 Å². The summed E-state index contributed by atoms with van der Waals surface area (Å²) in [6.45, 7) is 0.673. The summed E-state index contributed by atoms with van der Waals surface area (Å²) >= 11 is 9.29. The fraction of sp³-hybridized carbons (Fsp3) is 0.174. The Bertz CT molecular complexity index is 1150. The lowest BCUT2D eigenvalue weighted by atomic mass is 10.1. The zero-order chi connectivity index (χ0) is 22.4. The maximum absolute atomic E-state index is 12.4. The molecule has 0 radical (unpaired) electrons. The van der Waals surface area contributed by atoms with Gasteiger partial charge in [-0.05, 0) is 69.9 Å². The van der Waals surface area contributed by atoms with E-state index in [1.165, 1.54) is 10.6 Å². The Balaban J connectivity index is 1.63. The second-order valence-corrected chi connectivity index (χ2v) is 10.2. The van der Waals surface area contributed by atoms with E-state index in [1.54, 1.807) is 42.5 Å². The van der Waals surface area contributed by atoms with Crippen molar-refractivity contribution in [2.24, 2.45) is 0 Å². The van der Waals surface area contributed by atoms with Crippen molar-refractivity contribution >= 4 is 49.1 Å². The molecular formula is C23H22BrClN2O3S. The molecule has 5 nitrogen and oxygen atoms in total. The third-order valence-corrected chi connectivity index (χ3v) is 6.73. The Morgan fingerprint density at radius 1 is 0.968 bits per heavy atom. The van der Waals surface area contributed by atoms with Crippen molar-refractivity contribution in [3.05, 3.63) is 99.0 Å². The van der Waals surface area contributed by atoms with E-state index in [9.17, 15) is 13.2 Å². The summed E-state index contributed by atoms with van der Waals surface area (Å²) in [5, 5.41) is 3.58. The van der Waals surface area contributed by atoms with Gasteiger partial charge in [-0.2, -0.15) is 0 Å². The van der Waals surface area contributed by atoms with Gasteiger partial charge in [0.15, 0.2) is 0 Å². The standard InChI is InChI=1S/C23H22BrClN2O3S/c1-31(29,30)27(22-5-3-2-4-21(22)24)16-18-6-10-19(11-7-18)23(28)26-15-14-17-8-12-20(25)13-9-17/h2-13H,14-16H2,1H3,(H,26,28). The van der Waals surface area contributed by atoms with Crippen LogP contribution in [0.1, 0.15) is 21.5 Å². The van der Waals surface area contributed by atoms with Crippen LogP contribution >= 0.6 is 27.5 Å². The summed E-state index contributed by atoms with van der Waals surface area (Å²) in [7, 11) is -3.49. The van der Waals surface area contributed by atoms with Gasteiger partial charge in [-0.3, -0.25) is 9.10 Å². The van der Waals surface area contributed by atoms with Crippen molar-refractivity contribution in [3.63, 3.8) is 0 Å². The van der Waals surface area contributed by atoms with Crippen LogP contribution in [0.2, 0.25) is 5.02 Å². The van der Waals surface area contributed by atoms with Crippen LogP contribution in [-0.4, -0.2) is 27.1 Å². The molecule has 0 atom stereocenters. The highest BCUT2D eigenvalue weighted by Gasteiger charge is 2.20. The highest BCUT2D eigenvalue weighted by atomic mass is 79.9. The van der Waals surface area contributed by atoms with Crippen molar-refractivity contribution < 1.29 is 13.2 Å². The van der Waals surface area contributed by atoms with E-state index >= 15 is 0 Å². The number of para-hydroxylation sites is 1. The number of halogens is 2. The molecule has 1 N–H and O–H groups in total. The summed E-state index contributed by atoms with van der Waals surface area (Å²) in [6, 6.07) is 21.6. The SMILES string of the molecule is CS(=O)(=O)N(Cc1ccc(C(=O)NCCc2ccc(Cl)cc2)cc1)c1ccccc1Br. The molecular weight excluding hydrogens is 500 g/mol. The number of hydrogen-bond acceptors (Lipinski definition) is 3. The molecule has 0 fully saturated rings. The quantitative estimate of drug-likeness (QED) is 0.451. The molecule has 0 aromatic heterocycles. The second-order valence-electron chi connectivity index (χ2n) is 7.05. The molecule has 1 amide bonds. The molecule has 0 aliphatic heterocycles. The number of carbonyl (C=O) groups is 1. The van der Waals surface area contributed by atoms with Crippen LogP contribution < -0.4 is 9.62 Å². The number of rotatable bonds is 8. The van der Waals surface area contributed by atoms with Gasteiger partial charge in [0.2, 0.25) is 10.0 Å². The van der Waals surface area contributed by atoms with E-state index in [0.717, 1.165) is 11.1 Å². The Morgan fingerprint density at radius 2 is 1.58 bits per heavy atom. The lowest BCUT2D eigenvalue weighted by Crippen LogP contribution is -2.29. The first-order valence-corrected chi connectivity index (χ1v) is 12.6. The smallest absolute Gasteiger partial charge is 0.251 e. The van der Waals surface area contributed by atoms with Crippen LogP contribution in [0.15, 0.2) is 77.3 Å². The molecule has 162 valence electrons. The predicted molar refractivity (Wildman–Crippen MR) is 129 cm³/mol. The third kappa shape index (κ3) is 6.56. The van der Waals surface area contributed by atoms with Crippen LogP contribution in [0.5, 0.6) is 0 Å². The van der Waals surface area contributed by atoms with Crippen molar-refractivity contribution in [3.8, 4) is 0 Å². The van der Waals surface area contributed by atoms with Crippen molar-refractivity contribution in [2.75, 3.05) is 17.1 Å². The van der Waals surface area contributed by atoms with E-state index in [4.69, 9.17) is 11.6 Å². The zero-order valence-corrected chi connectivity index (χ0v) is 20.0. The predicted octanol–water partition coefficient (Wildman–Crippen LogP) is 5.04. The fourth-order valence-corrected chi connectivity index (χ4v) is 4.68. The van der Waals surface area contributed by atoms with Crippen molar-refractivity contribution in [1.82, 2.24) is 5.32 Å². The number of amides is 1. The summed E-state index contributed by atoms with van der Waals surface area (Å²) in [5.41, 5.74) is 2.95. The van der Waals surface area contributed by atoms with Gasteiger partial charge in [0, 0.05) is 21.6 Å². The maximum atomic E-state index is 12.4. The molecule has 0 saturated carbocycles. The first-order chi connectivity index (χ1) is 14.7. The van der Waals surface area contributed by atoms with Gasteiger partial charge in [0.25, 0.3) is 5.91 Å². The van der Waals surface area contributed by atoms with E-state index in [2.05, 4.69) is 21.2 Å². The lowest BCUT2D eigenvalue weighted by molar-refractivity contribution is 0.0954. The van der Waals surface area contributed by atoms with Crippen LogP contribution in [0, 0.1) is 0 Å². The van der Waals surface area contributed by atoms with Gasteiger partial charge in [-0.15, -0.1) is 0 Å². The molecule has 31 heavy (non-hydrogen) atoms. The molecule has 3 aromatic carbocycles. The van der Waals surface area contributed by atoms with Crippen LogP contribution in [0.3, 0.4) is 0 Å². The van der Waals surface area contributed by atoms with E-state index in [1.807, 2.05) is 30.3 Å². The average Bonchev–Trinajstić information content (AvgIpc) is 2.74. The number of sulfonamides is 1. The van der Waals surface area contributed by atoms with Gasteiger partial charge >= 0.3 is 0 Å². The number of nitrogens with one attached hydrogen (secondary N) is 1. The number of anilines is 1. The number of benzene rings is 3. The molecule has 3 rings (SSSR count). The number of nitrogens with zero attached hydrogens (tertiary/aromatic N) is 1. The Labute approximate surface area is 196 Å².